The van der Waals surface area contributed by atoms with E-state index in [1.807, 2.05) is 0 Å². The standard InChI is InChI=1S/C7H8Br2N2OS/c8-5-3-4(6(9)13-5)7(12)11-2-1-10/h3H,1-2,10H2,(H,11,12). The van der Waals surface area contributed by atoms with Crippen molar-refractivity contribution in [2.75, 3.05) is 13.1 Å². The van der Waals surface area contributed by atoms with Gasteiger partial charge in [0.05, 0.1) is 13.1 Å². The molecule has 0 radical (unpaired) electrons. The van der Waals surface area contributed by atoms with Gasteiger partial charge in [-0.3, -0.25) is 4.79 Å². The van der Waals surface area contributed by atoms with Gasteiger partial charge in [-0.15, -0.1) is 11.3 Å². The number of halogens is 2. The number of hydrogen-bond donors (Lipinski definition) is 2. The predicted octanol–water partition coefficient (Wildman–Crippen LogP) is 1.96. The van der Waals surface area contributed by atoms with Gasteiger partial charge in [0, 0.05) is 13.1 Å². The zero-order valence-electron chi connectivity index (χ0n) is 6.64. The summed E-state index contributed by atoms with van der Waals surface area (Å²) in [6.45, 7) is 0.952. The molecule has 1 aromatic rings. The van der Waals surface area contributed by atoms with E-state index in [1.54, 1.807) is 6.07 Å². The van der Waals surface area contributed by atoms with Crippen molar-refractivity contribution >= 4 is 49.1 Å². The summed E-state index contributed by atoms with van der Waals surface area (Å²) in [6, 6.07) is 1.78. The number of hydrogen-bond acceptors (Lipinski definition) is 3. The highest BCUT2D eigenvalue weighted by Crippen LogP contribution is 2.31. The number of rotatable bonds is 3. The SMILES string of the molecule is NCCNC(=O)c1cc(Br)sc1Br. The molecule has 1 rings (SSSR count). The smallest absolute Gasteiger partial charge is 0.253 e. The first-order valence-electron chi connectivity index (χ1n) is 3.58. The van der Waals surface area contributed by atoms with Crippen LogP contribution in [0.25, 0.3) is 0 Å². The highest BCUT2D eigenvalue weighted by atomic mass is 79.9. The normalized spacial score (nSPS) is 10.1. The zero-order valence-corrected chi connectivity index (χ0v) is 10.6. The fourth-order valence-corrected chi connectivity index (χ4v) is 3.57. The second-order valence-corrected chi connectivity index (χ2v) is 6.03. The first-order valence-corrected chi connectivity index (χ1v) is 5.98. The van der Waals surface area contributed by atoms with Crippen LogP contribution in [0.1, 0.15) is 10.4 Å². The molecule has 0 aromatic carbocycles. The Kier molecular flexibility index (Phi) is 4.37. The van der Waals surface area contributed by atoms with Crippen LogP contribution in [0.5, 0.6) is 0 Å². The topological polar surface area (TPSA) is 55.1 Å². The van der Waals surface area contributed by atoms with Gasteiger partial charge in [0.1, 0.15) is 0 Å². The van der Waals surface area contributed by atoms with Crippen molar-refractivity contribution < 1.29 is 4.79 Å². The maximum Gasteiger partial charge on any atom is 0.253 e. The van der Waals surface area contributed by atoms with E-state index in [1.165, 1.54) is 11.3 Å². The Bertz CT molecular complexity index is 313. The van der Waals surface area contributed by atoms with Crippen molar-refractivity contribution in [3.63, 3.8) is 0 Å². The van der Waals surface area contributed by atoms with Crippen LogP contribution in [0.2, 0.25) is 0 Å². The minimum Gasteiger partial charge on any atom is -0.351 e. The summed E-state index contributed by atoms with van der Waals surface area (Å²) in [5.74, 6) is -0.0979. The van der Waals surface area contributed by atoms with Crippen LogP contribution >= 0.6 is 43.2 Å². The van der Waals surface area contributed by atoms with Crippen LogP contribution in [0.15, 0.2) is 13.6 Å². The maximum absolute atomic E-state index is 11.4. The van der Waals surface area contributed by atoms with E-state index in [0.717, 1.165) is 7.57 Å². The number of nitrogens with one attached hydrogen (secondary N) is 1. The van der Waals surface area contributed by atoms with E-state index < -0.39 is 0 Å². The van der Waals surface area contributed by atoms with Gasteiger partial charge < -0.3 is 11.1 Å². The second kappa shape index (κ2) is 5.09. The van der Waals surface area contributed by atoms with Crippen molar-refractivity contribution in [2.45, 2.75) is 0 Å². The third-order valence-corrected chi connectivity index (χ3v) is 3.67. The molecule has 0 saturated carbocycles. The molecule has 1 heterocycles. The lowest BCUT2D eigenvalue weighted by atomic mass is 10.3. The number of thiophene rings is 1. The predicted molar refractivity (Wildman–Crippen MR) is 61.1 cm³/mol. The van der Waals surface area contributed by atoms with E-state index in [-0.39, 0.29) is 5.91 Å². The monoisotopic (exact) mass is 326 g/mol. The fourth-order valence-electron chi connectivity index (χ4n) is 0.776. The van der Waals surface area contributed by atoms with Crippen molar-refractivity contribution in [3.8, 4) is 0 Å². The molecule has 1 aromatic heterocycles. The van der Waals surface area contributed by atoms with E-state index in [2.05, 4.69) is 37.2 Å². The first-order chi connectivity index (χ1) is 6.15. The molecular weight excluding hydrogens is 320 g/mol. The summed E-state index contributed by atoms with van der Waals surface area (Å²) in [6.07, 6.45) is 0. The van der Waals surface area contributed by atoms with E-state index in [4.69, 9.17) is 5.73 Å². The van der Waals surface area contributed by atoms with Gasteiger partial charge in [0.25, 0.3) is 5.91 Å². The Balaban J connectivity index is 2.70. The molecule has 0 unspecified atom stereocenters. The maximum atomic E-state index is 11.4. The summed E-state index contributed by atoms with van der Waals surface area (Å²) in [4.78, 5) is 11.4. The largest absolute Gasteiger partial charge is 0.351 e. The molecular formula is C7H8Br2N2OS. The molecule has 0 aliphatic carbocycles. The molecule has 72 valence electrons. The number of carbonyl (C=O) groups is 1. The molecule has 3 N–H and O–H groups in total. The van der Waals surface area contributed by atoms with Crippen molar-refractivity contribution in [2.24, 2.45) is 5.73 Å². The number of amides is 1. The summed E-state index contributed by atoms with van der Waals surface area (Å²) < 4.78 is 1.76. The zero-order chi connectivity index (χ0) is 9.84. The second-order valence-electron chi connectivity index (χ2n) is 2.28. The van der Waals surface area contributed by atoms with Gasteiger partial charge in [0.15, 0.2) is 0 Å². The van der Waals surface area contributed by atoms with Gasteiger partial charge in [-0.25, -0.2) is 0 Å². The number of carbonyl (C=O) groups excluding carboxylic acids is 1. The lowest BCUT2D eigenvalue weighted by Gasteiger charge is -2.00. The molecule has 0 aliphatic heterocycles. The average Bonchev–Trinajstić information content (AvgIpc) is 2.41. The molecule has 0 fully saturated rings. The van der Waals surface area contributed by atoms with Crippen molar-refractivity contribution in [3.05, 3.63) is 19.2 Å². The van der Waals surface area contributed by atoms with Crippen molar-refractivity contribution in [1.82, 2.24) is 5.32 Å². The summed E-state index contributed by atoms with van der Waals surface area (Å²) in [5.41, 5.74) is 5.91. The summed E-state index contributed by atoms with van der Waals surface area (Å²) >= 11 is 8.08. The molecule has 6 heteroatoms. The van der Waals surface area contributed by atoms with Gasteiger partial charge in [-0.05, 0) is 37.9 Å². The molecule has 0 aliphatic rings. The molecule has 0 spiro atoms. The van der Waals surface area contributed by atoms with Gasteiger partial charge in [-0.1, -0.05) is 0 Å². The summed E-state index contributed by atoms with van der Waals surface area (Å²) in [5, 5.41) is 2.69. The van der Waals surface area contributed by atoms with E-state index in [0.29, 0.717) is 18.7 Å². The Labute approximate surface area is 97.0 Å². The highest BCUT2D eigenvalue weighted by Gasteiger charge is 2.12. The average molecular weight is 328 g/mol. The van der Waals surface area contributed by atoms with Crippen LogP contribution in [0.3, 0.4) is 0 Å². The Morgan fingerprint density at radius 1 is 1.62 bits per heavy atom. The van der Waals surface area contributed by atoms with Gasteiger partial charge in [-0.2, -0.15) is 0 Å². The third kappa shape index (κ3) is 3.05. The lowest BCUT2D eigenvalue weighted by molar-refractivity contribution is 0.0954. The Hall–Kier alpha value is 0.0900. The van der Waals surface area contributed by atoms with Crippen LogP contribution in [-0.2, 0) is 0 Å². The lowest BCUT2D eigenvalue weighted by Crippen LogP contribution is -2.28. The molecule has 13 heavy (non-hydrogen) atoms. The molecule has 0 bridgehead atoms. The van der Waals surface area contributed by atoms with Crippen LogP contribution in [-0.4, -0.2) is 19.0 Å². The molecule has 0 saturated heterocycles. The van der Waals surface area contributed by atoms with Gasteiger partial charge >= 0.3 is 0 Å². The minimum atomic E-state index is -0.0979. The quantitative estimate of drug-likeness (QED) is 0.891. The first kappa shape index (κ1) is 11.2. The minimum absolute atomic E-state index is 0.0979. The molecule has 1 amide bonds. The Morgan fingerprint density at radius 3 is 2.77 bits per heavy atom. The summed E-state index contributed by atoms with van der Waals surface area (Å²) in [7, 11) is 0. The molecule has 0 atom stereocenters. The van der Waals surface area contributed by atoms with Crippen molar-refractivity contribution in [1.29, 1.82) is 0 Å². The van der Waals surface area contributed by atoms with E-state index in [9.17, 15) is 4.79 Å². The van der Waals surface area contributed by atoms with Crippen LogP contribution < -0.4 is 11.1 Å². The van der Waals surface area contributed by atoms with Crippen LogP contribution in [0, 0.1) is 0 Å². The number of nitrogens with two attached hydrogens (primary N) is 1. The third-order valence-electron chi connectivity index (χ3n) is 1.33. The Morgan fingerprint density at radius 2 is 2.31 bits per heavy atom. The highest BCUT2D eigenvalue weighted by molar-refractivity contribution is 9.12. The van der Waals surface area contributed by atoms with E-state index >= 15 is 0 Å². The molecule has 3 nitrogen and oxygen atoms in total. The van der Waals surface area contributed by atoms with Gasteiger partial charge in [0.2, 0.25) is 0 Å². The fraction of sp³-hybridized carbons (Fsp3) is 0.286. The van der Waals surface area contributed by atoms with Crippen LogP contribution in [0.4, 0.5) is 0 Å².